The van der Waals surface area contributed by atoms with Crippen molar-refractivity contribution in [3.63, 3.8) is 0 Å². The third kappa shape index (κ3) is 1.98. The van der Waals surface area contributed by atoms with Crippen molar-refractivity contribution in [3.8, 4) is 0 Å². The van der Waals surface area contributed by atoms with Crippen LogP contribution in [0.1, 0.15) is 11.5 Å². The highest BCUT2D eigenvalue weighted by Crippen LogP contribution is 2.08. The average Bonchev–Trinajstić information content (AvgIpc) is 2.17. The summed E-state index contributed by atoms with van der Waals surface area (Å²) in [6, 6.07) is 3.83. The highest BCUT2D eigenvalue weighted by Gasteiger charge is 1.95. The van der Waals surface area contributed by atoms with Crippen LogP contribution in [0.3, 0.4) is 0 Å². The van der Waals surface area contributed by atoms with Crippen LogP contribution in [-0.2, 0) is 9.67 Å². The van der Waals surface area contributed by atoms with Crippen molar-refractivity contribution < 1.29 is 7.48 Å². The highest BCUT2D eigenvalue weighted by molar-refractivity contribution is 14.1. The van der Waals surface area contributed by atoms with Crippen LogP contribution in [0.15, 0.2) is 16.5 Å². The van der Waals surface area contributed by atoms with E-state index in [1.807, 2.05) is 42.1 Å². The summed E-state index contributed by atoms with van der Waals surface area (Å²) in [6.45, 7) is 2.46. The number of hydrogen-bond donors (Lipinski definition) is 0. The molecule has 0 spiro atoms. The second-order valence-electron chi connectivity index (χ2n) is 1.77. The molecule has 9 heavy (non-hydrogen) atoms. The van der Waals surface area contributed by atoms with Gasteiger partial charge in [-0.05, 0) is 19.1 Å². The Morgan fingerprint density at radius 3 is 2.89 bits per heavy atom. The van der Waals surface area contributed by atoms with E-state index in [1.165, 1.54) is 0 Å². The van der Waals surface area contributed by atoms with Gasteiger partial charge in [-0.2, -0.15) is 0 Å². The Bertz CT molecular complexity index is 183. The molecule has 0 unspecified atom stereocenters. The maximum atomic E-state index is 5.19. The van der Waals surface area contributed by atoms with Crippen LogP contribution in [0.5, 0.6) is 0 Å². The van der Waals surface area contributed by atoms with Crippen LogP contribution in [0.2, 0.25) is 0 Å². The lowest BCUT2D eigenvalue weighted by atomic mass is 10.4. The maximum absolute atomic E-state index is 5.19. The third-order valence-electron chi connectivity index (χ3n) is 0.993. The summed E-state index contributed by atoms with van der Waals surface area (Å²) in [5.41, 5.74) is 0. The van der Waals surface area contributed by atoms with Gasteiger partial charge in [0.05, 0.1) is 0 Å². The van der Waals surface area contributed by atoms with Gasteiger partial charge in [-0.15, -0.1) is 0 Å². The average molecular weight is 238 g/mol. The summed E-state index contributed by atoms with van der Waals surface area (Å²) in [7, 11) is 0. The second-order valence-corrected chi connectivity index (χ2v) is 2.39. The van der Waals surface area contributed by atoms with Gasteiger partial charge in [0.1, 0.15) is 41.1 Å². The molecule has 1 aromatic heterocycles. The van der Waals surface area contributed by atoms with Gasteiger partial charge >= 0.3 is 0 Å². The quantitative estimate of drug-likeness (QED) is 0.738. The zero-order valence-corrected chi connectivity index (χ0v) is 7.21. The molecule has 0 aromatic carbocycles. The van der Waals surface area contributed by atoms with E-state index in [2.05, 4.69) is 0 Å². The number of aryl methyl sites for hydroxylation is 1. The van der Waals surface area contributed by atoms with E-state index in [-0.39, 0.29) is 0 Å². The lowest BCUT2D eigenvalue weighted by Crippen LogP contribution is -1.75. The molecular formula is C6H7IO2. The molecule has 0 saturated carbocycles. The van der Waals surface area contributed by atoms with Crippen molar-refractivity contribution in [2.45, 2.75) is 13.5 Å². The fraction of sp³-hybridized carbons (Fsp3) is 0.333. The Morgan fingerprint density at radius 2 is 2.44 bits per heavy atom. The van der Waals surface area contributed by atoms with Crippen LogP contribution in [-0.4, -0.2) is 0 Å². The van der Waals surface area contributed by atoms with E-state index in [1.54, 1.807) is 0 Å². The molecule has 0 radical (unpaired) electrons. The number of furan rings is 1. The van der Waals surface area contributed by atoms with Gasteiger partial charge in [-0.25, -0.2) is 0 Å². The first-order valence-electron chi connectivity index (χ1n) is 2.62. The number of hydrogen-bond acceptors (Lipinski definition) is 2. The van der Waals surface area contributed by atoms with Gasteiger partial charge in [-0.1, -0.05) is 0 Å². The summed E-state index contributed by atoms with van der Waals surface area (Å²) >= 11 is 1.84. The zero-order valence-electron chi connectivity index (χ0n) is 5.06. The maximum Gasteiger partial charge on any atom is 0.130 e. The SMILES string of the molecule is Cc1ccc(COI)o1. The summed E-state index contributed by atoms with van der Waals surface area (Å²) in [5.74, 6) is 1.81. The highest BCUT2D eigenvalue weighted by atomic mass is 127. The monoisotopic (exact) mass is 238 g/mol. The number of rotatable bonds is 2. The van der Waals surface area contributed by atoms with Gasteiger partial charge in [-0.3, -0.25) is 0 Å². The molecule has 1 heterocycles. The molecule has 0 aliphatic rings. The fourth-order valence-electron chi connectivity index (χ4n) is 0.616. The largest absolute Gasteiger partial charge is 0.464 e. The van der Waals surface area contributed by atoms with E-state index in [9.17, 15) is 0 Å². The van der Waals surface area contributed by atoms with Crippen molar-refractivity contribution in [2.75, 3.05) is 0 Å². The molecular weight excluding hydrogens is 231 g/mol. The Hall–Kier alpha value is -0.0300. The minimum atomic E-state index is 0.550. The molecule has 1 rings (SSSR count). The molecule has 0 amide bonds. The minimum Gasteiger partial charge on any atom is -0.464 e. The summed E-state index contributed by atoms with van der Waals surface area (Å²) in [4.78, 5) is 0. The predicted molar refractivity (Wildman–Crippen MR) is 42.3 cm³/mol. The van der Waals surface area contributed by atoms with E-state index in [0.29, 0.717) is 6.61 Å². The van der Waals surface area contributed by atoms with Crippen LogP contribution in [0.4, 0.5) is 0 Å². The van der Waals surface area contributed by atoms with Gasteiger partial charge < -0.3 is 7.48 Å². The first-order chi connectivity index (χ1) is 4.33. The molecule has 0 bridgehead atoms. The second kappa shape index (κ2) is 3.22. The van der Waals surface area contributed by atoms with Crippen LogP contribution >= 0.6 is 23.0 Å². The van der Waals surface area contributed by atoms with Crippen molar-refractivity contribution in [1.29, 1.82) is 0 Å². The molecule has 0 N–H and O–H groups in total. The van der Waals surface area contributed by atoms with Gasteiger partial charge in [0.25, 0.3) is 0 Å². The van der Waals surface area contributed by atoms with Crippen LogP contribution in [0.25, 0.3) is 0 Å². The number of halogens is 1. The summed E-state index contributed by atoms with van der Waals surface area (Å²) in [6.07, 6.45) is 0. The lowest BCUT2D eigenvalue weighted by Gasteiger charge is -1.88. The Morgan fingerprint density at radius 1 is 1.67 bits per heavy atom. The Balaban J connectivity index is 2.61. The molecule has 0 saturated heterocycles. The van der Waals surface area contributed by atoms with Gasteiger partial charge in [0.2, 0.25) is 0 Å². The van der Waals surface area contributed by atoms with Crippen molar-refractivity contribution in [2.24, 2.45) is 0 Å². The summed E-state index contributed by atoms with van der Waals surface area (Å²) in [5, 5.41) is 0. The van der Waals surface area contributed by atoms with E-state index in [0.717, 1.165) is 11.5 Å². The Kier molecular flexibility index (Phi) is 2.53. The van der Waals surface area contributed by atoms with Gasteiger partial charge in [0.15, 0.2) is 0 Å². The minimum absolute atomic E-state index is 0.550. The molecule has 0 aliphatic heterocycles. The molecule has 1 aromatic rings. The first-order valence-corrected chi connectivity index (χ1v) is 3.50. The standard InChI is InChI=1S/C6H7IO2/c1-5-2-3-6(9-5)4-8-7/h2-3H,4H2,1H3. The molecule has 0 fully saturated rings. The molecule has 50 valence electrons. The Labute approximate surface area is 67.9 Å². The first kappa shape index (κ1) is 7.08. The van der Waals surface area contributed by atoms with Gasteiger partial charge in [0, 0.05) is 0 Å². The zero-order chi connectivity index (χ0) is 6.69. The predicted octanol–water partition coefficient (Wildman–Crippen LogP) is 2.45. The summed E-state index contributed by atoms with van der Waals surface area (Å²) < 4.78 is 10.0. The topological polar surface area (TPSA) is 22.4 Å². The smallest absolute Gasteiger partial charge is 0.130 e. The molecule has 0 atom stereocenters. The van der Waals surface area contributed by atoms with E-state index in [4.69, 9.17) is 7.48 Å². The third-order valence-corrected chi connectivity index (χ3v) is 1.30. The van der Waals surface area contributed by atoms with E-state index >= 15 is 0 Å². The lowest BCUT2D eigenvalue weighted by molar-refractivity contribution is 0.346. The van der Waals surface area contributed by atoms with Crippen molar-refractivity contribution >= 4 is 23.0 Å². The molecule has 3 heteroatoms. The van der Waals surface area contributed by atoms with Crippen LogP contribution in [0, 0.1) is 6.92 Å². The van der Waals surface area contributed by atoms with Crippen LogP contribution < -0.4 is 0 Å². The molecule has 2 nitrogen and oxygen atoms in total. The fourth-order valence-corrected chi connectivity index (χ4v) is 0.923. The molecule has 0 aliphatic carbocycles. The van der Waals surface area contributed by atoms with Crippen molar-refractivity contribution in [1.82, 2.24) is 0 Å². The normalized spacial score (nSPS) is 10.0. The van der Waals surface area contributed by atoms with E-state index < -0.39 is 0 Å². The van der Waals surface area contributed by atoms with Crippen molar-refractivity contribution in [3.05, 3.63) is 23.7 Å².